The zero-order chi connectivity index (χ0) is 9.94. The predicted molar refractivity (Wildman–Crippen MR) is 58.8 cm³/mol. The Morgan fingerprint density at radius 1 is 1.08 bits per heavy atom. The maximum absolute atomic E-state index is 5.40. The van der Waals surface area contributed by atoms with Crippen LogP contribution >= 0.6 is 0 Å². The predicted octanol–water partition coefficient (Wildman–Crippen LogP) is 4.29. The van der Waals surface area contributed by atoms with Crippen molar-refractivity contribution in [1.82, 2.24) is 0 Å². The van der Waals surface area contributed by atoms with Gasteiger partial charge in [-0.15, -0.1) is 0 Å². The highest BCUT2D eigenvalue weighted by Crippen LogP contribution is 2.03. The van der Waals surface area contributed by atoms with E-state index in [2.05, 4.69) is 20.8 Å². The Kier molecular flexibility index (Phi) is 9.29. The van der Waals surface area contributed by atoms with Crippen molar-refractivity contribution in [3.63, 3.8) is 0 Å². The number of ether oxygens (including phenoxy) is 1. The highest BCUT2D eigenvalue weighted by atomic mass is 16.5. The topological polar surface area (TPSA) is 9.23 Å². The molecule has 0 aliphatic carbocycles. The largest absolute Gasteiger partial charge is 0.501 e. The van der Waals surface area contributed by atoms with Gasteiger partial charge in [0.15, 0.2) is 0 Å². The molecule has 0 aliphatic rings. The van der Waals surface area contributed by atoms with Gasteiger partial charge in [0, 0.05) is 0 Å². The highest BCUT2D eigenvalue weighted by molar-refractivity contribution is 4.90. The maximum atomic E-state index is 5.40. The highest BCUT2D eigenvalue weighted by Gasteiger charge is 1.88. The molecule has 0 fully saturated rings. The van der Waals surface area contributed by atoms with E-state index in [0.717, 1.165) is 13.0 Å². The first-order valence-corrected chi connectivity index (χ1v) is 5.58. The van der Waals surface area contributed by atoms with Crippen LogP contribution < -0.4 is 0 Å². The van der Waals surface area contributed by atoms with Crippen molar-refractivity contribution in [2.45, 2.75) is 59.3 Å². The molecule has 0 aliphatic heterocycles. The molecule has 0 amide bonds. The van der Waals surface area contributed by atoms with Crippen molar-refractivity contribution in [2.75, 3.05) is 6.61 Å². The van der Waals surface area contributed by atoms with Crippen LogP contribution in [0.2, 0.25) is 0 Å². The summed E-state index contributed by atoms with van der Waals surface area (Å²) in [7, 11) is 0. The number of rotatable bonds is 8. The van der Waals surface area contributed by atoms with E-state index >= 15 is 0 Å². The van der Waals surface area contributed by atoms with Gasteiger partial charge in [-0.25, -0.2) is 0 Å². The Morgan fingerprint density at radius 2 is 1.77 bits per heavy atom. The molecule has 0 aromatic carbocycles. The molecule has 0 bridgehead atoms. The van der Waals surface area contributed by atoms with Crippen LogP contribution in [0.5, 0.6) is 0 Å². The van der Waals surface area contributed by atoms with Crippen molar-refractivity contribution in [1.29, 1.82) is 0 Å². The molecule has 13 heavy (non-hydrogen) atoms. The second-order valence-electron chi connectivity index (χ2n) is 3.60. The monoisotopic (exact) mass is 184 g/mol. The third-order valence-corrected chi connectivity index (χ3v) is 2.21. The lowest BCUT2D eigenvalue weighted by molar-refractivity contribution is 0.237. The van der Waals surface area contributed by atoms with Gasteiger partial charge in [-0.2, -0.15) is 0 Å². The van der Waals surface area contributed by atoms with Crippen molar-refractivity contribution in [3.8, 4) is 0 Å². The molecule has 0 rings (SSSR count). The first-order valence-electron chi connectivity index (χ1n) is 5.58. The summed E-state index contributed by atoms with van der Waals surface area (Å²) in [5.41, 5.74) is 1.33. The summed E-state index contributed by atoms with van der Waals surface area (Å²) in [6, 6.07) is 0. The Balaban J connectivity index is 3.08. The lowest BCUT2D eigenvalue weighted by Gasteiger charge is -2.02. The van der Waals surface area contributed by atoms with Crippen LogP contribution in [0.1, 0.15) is 59.3 Å². The minimum absolute atomic E-state index is 0.890. The first kappa shape index (κ1) is 12.5. The fourth-order valence-corrected chi connectivity index (χ4v) is 1.07. The Hall–Kier alpha value is -0.460. The Labute approximate surface area is 83.2 Å². The quantitative estimate of drug-likeness (QED) is 0.404. The smallest absolute Gasteiger partial charge is 0.0873 e. The van der Waals surface area contributed by atoms with Crippen LogP contribution in [-0.2, 0) is 4.74 Å². The van der Waals surface area contributed by atoms with Crippen molar-refractivity contribution >= 4 is 0 Å². The standard InChI is InChI=1S/C12H24O/c1-4-6-7-8-9-10-13-11-12(3)5-2/h11H,4-10H2,1-3H3. The molecule has 1 heteroatoms. The molecule has 0 radical (unpaired) electrons. The van der Waals surface area contributed by atoms with Crippen LogP contribution in [-0.4, -0.2) is 6.61 Å². The van der Waals surface area contributed by atoms with Gasteiger partial charge in [-0.1, -0.05) is 39.5 Å². The van der Waals surface area contributed by atoms with Crippen molar-refractivity contribution < 1.29 is 4.74 Å². The summed E-state index contributed by atoms with van der Waals surface area (Å²) in [6.07, 6.45) is 9.55. The van der Waals surface area contributed by atoms with E-state index in [1.807, 2.05) is 6.26 Å². The lowest BCUT2D eigenvalue weighted by atomic mass is 10.2. The van der Waals surface area contributed by atoms with Gasteiger partial charge in [0.25, 0.3) is 0 Å². The molecule has 1 nitrogen and oxygen atoms in total. The fraction of sp³-hybridized carbons (Fsp3) is 0.833. The summed E-state index contributed by atoms with van der Waals surface area (Å²) in [6.45, 7) is 7.39. The average Bonchev–Trinajstić information content (AvgIpc) is 2.16. The van der Waals surface area contributed by atoms with Crippen LogP contribution in [0.25, 0.3) is 0 Å². The van der Waals surface area contributed by atoms with Crippen LogP contribution in [0.3, 0.4) is 0 Å². The second-order valence-corrected chi connectivity index (χ2v) is 3.60. The first-order chi connectivity index (χ1) is 6.31. The molecule has 0 N–H and O–H groups in total. The Bertz CT molecular complexity index is 127. The summed E-state index contributed by atoms with van der Waals surface area (Å²) < 4.78 is 5.40. The summed E-state index contributed by atoms with van der Waals surface area (Å²) >= 11 is 0. The molecule has 0 aromatic heterocycles. The molecule has 0 atom stereocenters. The summed E-state index contributed by atoms with van der Waals surface area (Å²) in [5.74, 6) is 0. The van der Waals surface area contributed by atoms with Gasteiger partial charge < -0.3 is 4.74 Å². The summed E-state index contributed by atoms with van der Waals surface area (Å²) in [5, 5.41) is 0. The fourth-order valence-electron chi connectivity index (χ4n) is 1.07. The maximum Gasteiger partial charge on any atom is 0.0873 e. The van der Waals surface area contributed by atoms with Gasteiger partial charge in [0.1, 0.15) is 0 Å². The number of hydrogen-bond donors (Lipinski definition) is 0. The Morgan fingerprint density at radius 3 is 2.38 bits per heavy atom. The van der Waals surface area contributed by atoms with E-state index < -0.39 is 0 Å². The molecule has 0 saturated heterocycles. The van der Waals surface area contributed by atoms with E-state index in [-0.39, 0.29) is 0 Å². The number of allylic oxidation sites excluding steroid dienone is 1. The van der Waals surface area contributed by atoms with Gasteiger partial charge in [0.2, 0.25) is 0 Å². The van der Waals surface area contributed by atoms with E-state index in [1.165, 1.54) is 37.7 Å². The molecular formula is C12H24O. The zero-order valence-electron chi connectivity index (χ0n) is 9.44. The van der Waals surface area contributed by atoms with E-state index in [1.54, 1.807) is 0 Å². The zero-order valence-corrected chi connectivity index (χ0v) is 9.44. The normalized spacial score (nSPS) is 11.8. The third-order valence-electron chi connectivity index (χ3n) is 2.21. The minimum atomic E-state index is 0.890. The molecular weight excluding hydrogens is 160 g/mol. The van der Waals surface area contributed by atoms with Crippen molar-refractivity contribution in [2.24, 2.45) is 0 Å². The van der Waals surface area contributed by atoms with Crippen LogP contribution in [0.15, 0.2) is 11.8 Å². The second kappa shape index (κ2) is 9.63. The number of hydrogen-bond acceptors (Lipinski definition) is 1. The summed E-state index contributed by atoms with van der Waals surface area (Å²) in [4.78, 5) is 0. The van der Waals surface area contributed by atoms with Gasteiger partial charge in [-0.3, -0.25) is 0 Å². The molecule has 78 valence electrons. The van der Waals surface area contributed by atoms with Gasteiger partial charge in [0.05, 0.1) is 12.9 Å². The van der Waals surface area contributed by atoms with Crippen molar-refractivity contribution in [3.05, 3.63) is 11.8 Å². The molecule has 0 aromatic rings. The molecule has 0 unspecified atom stereocenters. The lowest BCUT2D eigenvalue weighted by Crippen LogP contribution is -1.88. The van der Waals surface area contributed by atoms with E-state index in [0.29, 0.717) is 0 Å². The molecule has 0 spiro atoms. The van der Waals surface area contributed by atoms with Gasteiger partial charge >= 0.3 is 0 Å². The van der Waals surface area contributed by atoms with Crippen LogP contribution in [0, 0.1) is 0 Å². The van der Waals surface area contributed by atoms with E-state index in [4.69, 9.17) is 4.74 Å². The average molecular weight is 184 g/mol. The molecule has 0 saturated carbocycles. The number of unbranched alkanes of at least 4 members (excludes halogenated alkanes) is 4. The van der Waals surface area contributed by atoms with E-state index in [9.17, 15) is 0 Å². The van der Waals surface area contributed by atoms with Crippen LogP contribution in [0.4, 0.5) is 0 Å². The molecule has 0 heterocycles. The third kappa shape index (κ3) is 9.45. The van der Waals surface area contributed by atoms with Gasteiger partial charge in [-0.05, 0) is 25.3 Å². The minimum Gasteiger partial charge on any atom is -0.501 e. The SMILES string of the molecule is CCCCCCCOC=C(C)CC.